The zero-order valence-electron chi connectivity index (χ0n) is 13.8. The maximum atomic E-state index is 5.96. The molecule has 120 valence electrons. The van der Waals surface area contributed by atoms with Gasteiger partial charge in [0.2, 0.25) is 0 Å². The summed E-state index contributed by atoms with van der Waals surface area (Å²) in [6.07, 6.45) is 8.86. The number of nitrogens with zero attached hydrogens (tertiary/aromatic N) is 3. The molecule has 1 fully saturated rings. The quantitative estimate of drug-likeness (QED) is 0.567. The van der Waals surface area contributed by atoms with Gasteiger partial charge < -0.3 is 0 Å². The molecule has 5 nitrogen and oxygen atoms in total. The number of hydrogen-bond acceptors (Lipinski definition) is 4. The fourth-order valence-corrected chi connectivity index (χ4v) is 4.02. The number of hydrogen-bond donors (Lipinski definition) is 2. The van der Waals surface area contributed by atoms with Gasteiger partial charge in [-0.1, -0.05) is 13.8 Å². The van der Waals surface area contributed by atoms with E-state index in [1.165, 1.54) is 31.6 Å². The molecular weight excluding hydrogens is 262 g/mol. The minimum absolute atomic E-state index is 0.184. The molecule has 2 rings (SSSR count). The molecule has 5 heteroatoms. The van der Waals surface area contributed by atoms with Crippen molar-refractivity contribution in [2.45, 2.75) is 64.0 Å². The van der Waals surface area contributed by atoms with Gasteiger partial charge in [-0.2, -0.15) is 5.10 Å². The Morgan fingerprint density at radius 3 is 2.48 bits per heavy atom. The Morgan fingerprint density at radius 2 is 2.00 bits per heavy atom. The van der Waals surface area contributed by atoms with Crippen LogP contribution in [0.3, 0.4) is 0 Å². The maximum absolute atomic E-state index is 5.96. The lowest BCUT2D eigenvalue weighted by Crippen LogP contribution is -2.61. The SMILES string of the molecule is CCC(CC)(C(CCc1ccnn1C)NN)N1CCCC1. The fourth-order valence-electron chi connectivity index (χ4n) is 4.02. The van der Waals surface area contributed by atoms with Gasteiger partial charge >= 0.3 is 0 Å². The molecule has 0 saturated carbocycles. The minimum Gasteiger partial charge on any atom is -0.296 e. The van der Waals surface area contributed by atoms with Crippen molar-refractivity contribution in [3.63, 3.8) is 0 Å². The van der Waals surface area contributed by atoms with Crippen LogP contribution in [0.1, 0.15) is 51.6 Å². The van der Waals surface area contributed by atoms with Crippen LogP contribution in [-0.2, 0) is 13.5 Å². The topological polar surface area (TPSA) is 59.1 Å². The van der Waals surface area contributed by atoms with Gasteiger partial charge in [-0.3, -0.25) is 20.9 Å². The Bertz CT molecular complexity index is 418. The number of hydrazine groups is 1. The van der Waals surface area contributed by atoms with Gasteiger partial charge in [0.25, 0.3) is 0 Å². The summed E-state index contributed by atoms with van der Waals surface area (Å²) >= 11 is 0. The number of nitrogens with two attached hydrogens (primary N) is 1. The van der Waals surface area contributed by atoms with E-state index in [-0.39, 0.29) is 5.54 Å². The molecule has 1 unspecified atom stereocenters. The average Bonchev–Trinajstić information content (AvgIpc) is 3.16. The molecule has 0 aliphatic carbocycles. The van der Waals surface area contributed by atoms with Gasteiger partial charge in [-0.25, -0.2) is 0 Å². The van der Waals surface area contributed by atoms with Crippen LogP contribution in [0.2, 0.25) is 0 Å². The lowest BCUT2D eigenvalue weighted by Gasteiger charge is -2.46. The standard InChI is InChI=1S/C16H31N5/c1-4-16(5-2,21-12-6-7-13-21)15(19-17)9-8-14-10-11-18-20(14)3/h10-11,15,19H,4-9,12-13,17H2,1-3H3. The van der Waals surface area contributed by atoms with Crippen molar-refractivity contribution in [1.29, 1.82) is 0 Å². The highest BCUT2D eigenvalue weighted by Gasteiger charge is 2.41. The van der Waals surface area contributed by atoms with E-state index in [0.29, 0.717) is 6.04 Å². The van der Waals surface area contributed by atoms with Crippen molar-refractivity contribution in [2.75, 3.05) is 13.1 Å². The third-order valence-electron chi connectivity index (χ3n) is 5.42. The van der Waals surface area contributed by atoms with Crippen LogP contribution in [0.5, 0.6) is 0 Å². The van der Waals surface area contributed by atoms with E-state index in [2.05, 4.69) is 35.3 Å². The zero-order valence-corrected chi connectivity index (χ0v) is 13.8. The summed E-state index contributed by atoms with van der Waals surface area (Å²) in [5, 5.41) is 4.25. The summed E-state index contributed by atoms with van der Waals surface area (Å²) in [4.78, 5) is 2.67. The lowest BCUT2D eigenvalue weighted by molar-refractivity contribution is 0.0585. The van der Waals surface area contributed by atoms with E-state index in [1.54, 1.807) is 0 Å². The van der Waals surface area contributed by atoms with Crippen LogP contribution >= 0.6 is 0 Å². The summed E-state index contributed by atoms with van der Waals surface area (Å²) < 4.78 is 1.96. The smallest absolute Gasteiger partial charge is 0.0492 e. The van der Waals surface area contributed by atoms with Crippen molar-refractivity contribution < 1.29 is 0 Å². The van der Waals surface area contributed by atoms with E-state index in [9.17, 15) is 0 Å². The van der Waals surface area contributed by atoms with E-state index >= 15 is 0 Å². The molecular formula is C16H31N5. The van der Waals surface area contributed by atoms with E-state index in [1.807, 2.05) is 17.9 Å². The van der Waals surface area contributed by atoms with Gasteiger partial charge in [0.15, 0.2) is 0 Å². The van der Waals surface area contributed by atoms with Gasteiger partial charge in [0.1, 0.15) is 0 Å². The second-order valence-electron chi connectivity index (χ2n) is 6.21. The van der Waals surface area contributed by atoms with Crippen LogP contribution in [0.15, 0.2) is 12.3 Å². The Morgan fingerprint density at radius 1 is 1.33 bits per heavy atom. The number of nitrogens with one attached hydrogen (secondary N) is 1. The van der Waals surface area contributed by atoms with Gasteiger partial charge in [0.05, 0.1) is 0 Å². The maximum Gasteiger partial charge on any atom is 0.0492 e. The molecule has 1 aliphatic heterocycles. The Kier molecular flexibility index (Phi) is 5.79. The van der Waals surface area contributed by atoms with Crippen molar-refractivity contribution in [3.05, 3.63) is 18.0 Å². The molecule has 0 amide bonds. The summed E-state index contributed by atoms with van der Waals surface area (Å²) in [6, 6.07) is 2.42. The van der Waals surface area contributed by atoms with Crippen LogP contribution in [0, 0.1) is 0 Å². The van der Waals surface area contributed by atoms with E-state index in [0.717, 1.165) is 25.7 Å². The average molecular weight is 293 g/mol. The highest BCUT2D eigenvalue weighted by molar-refractivity contribution is 5.04. The third kappa shape index (κ3) is 3.30. The zero-order chi connectivity index (χ0) is 15.3. The first-order valence-electron chi connectivity index (χ1n) is 8.36. The van der Waals surface area contributed by atoms with E-state index < -0.39 is 0 Å². The van der Waals surface area contributed by atoms with Crippen molar-refractivity contribution in [2.24, 2.45) is 12.9 Å². The first kappa shape index (κ1) is 16.5. The second-order valence-corrected chi connectivity index (χ2v) is 6.21. The molecule has 1 aromatic rings. The molecule has 0 aromatic carbocycles. The summed E-state index contributed by atoms with van der Waals surface area (Å²) in [5.41, 5.74) is 4.59. The number of aromatic nitrogens is 2. The van der Waals surface area contributed by atoms with Gasteiger partial charge in [-0.05, 0) is 57.7 Å². The molecule has 2 heterocycles. The molecule has 1 atom stereocenters. The molecule has 0 bridgehead atoms. The molecule has 3 N–H and O–H groups in total. The summed E-state index contributed by atoms with van der Waals surface area (Å²) in [5.74, 6) is 5.96. The van der Waals surface area contributed by atoms with Crippen LogP contribution in [0.25, 0.3) is 0 Å². The monoisotopic (exact) mass is 293 g/mol. The Balaban J connectivity index is 2.09. The summed E-state index contributed by atoms with van der Waals surface area (Å²) in [7, 11) is 2.01. The van der Waals surface area contributed by atoms with Crippen molar-refractivity contribution >= 4 is 0 Å². The fraction of sp³-hybridized carbons (Fsp3) is 0.812. The van der Waals surface area contributed by atoms with Crippen molar-refractivity contribution in [1.82, 2.24) is 20.1 Å². The number of rotatable bonds is 8. The normalized spacial score (nSPS) is 18.3. The Hall–Kier alpha value is -0.910. The second kappa shape index (κ2) is 7.38. The first-order chi connectivity index (χ1) is 10.2. The van der Waals surface area contributed by atoms with Gasteiger partial charge in [-0.15, -0.1) is 0 Å². The van der Waals surface area contributed by atoms with E-state index in [4.69, 9.17) is 5.84 Å². The predicted octanol–water partition coefficient (Wildman–Crippen LogP) is 1.84. The lowest BCUT2D eigenvalue weighted by atomic mass is 9.80. The third-order valence-corrected chi connectivity index (χ3v) is 5.42. The van der Waals surface area contributed by atoms with Crippen LogP contribution < -0.4 is 11.3 Å². The predicted molar refractivity (Wildman–Crippen MR) is 86.8 cm³/mol. The minimum atomic E-state index is 0.184. The largest absolute Gasteiger partial charge is 0.296 e. The van der Waals surface area contributed by atoms with Crippen LogP contribution in [-0.4, -0.2) is 39.4 Å². The van der Waals surface area contributed by atoms with Crippen LogP contribution in [0.4, 0.5) is 0 Å². The van der Waals surface area contributed by atoms with Crippen molar-refractivity contribution in [3.8, 4) is 0 Å². The highest BCUT2D eigenvalue weighted by atomic mass is 15.3. The number of aryl methyl sites for hydroxylation is 2. The molecule has 1 aromatic heterocycles. The van der Waals surface area contributed by atoms with Gasteiger partial charge in [0, 0.05) is 30.5 Å². The number of likely N-dealkylation sites (tertiary alicyclic amines) is 1. The summed E-state index contributed by atoms with van der Waals surface area (Å²) in [6.45, 7) is 7.03. The molecule has 1 aliphatic rings. The first-order valence-corrected chi connectivity index (χ1v) is 8.36. The molecule has 0 spiro atoms. The molecule has 0 radical (unpaired) electrons. The highest BCUT2D eigenvalue weighted by Crippen LogP contribution is 2.33. The Labute approximate surface area is 128 Å². The molecule has 21 heavy (non-hydrogen) atoms. The molecule has 1 saturated heterocycles.